The summed E-state index contributed by atoms with van der Waals surface area (Å²) >= 11 is 11.5. The molecule has 0 fully saturated rings. The highest BCUT2D eigenvalue weighted by atomic mass is 127. The molecule has 0 unspecified atom stereocenters. The summed E-state index contributed by atoms with van der Waals surface area (Å²) in [5, 5.41) is 0.599. The molecule has 0 aliphatic carbocycles. The highest BCUT2D eigenvalue weighted by Crippen LogP contribution is 2.30. The zero-order chi connectivity index (χ0) is 15.1. The first kappa shape index (κ1) is 16.0. The van der Waals surface area contributed by atoms with Gasteiger partial charge in [0.05, 0.1) is 5.69 Å². The first-order valence-corrected chi connectivity index (χ1v) is 8.21. The van der Waals surface area contributed by atoms with Gasteiger partial charge in [-0.1, -0.05) is 48.3 Å². The second-order valence-electron chi connectivity index (χ2n) is 5.45. The van der Waals surface area contributed by atoms with Crippen molar-refractivity contribution in [3.05, 3.63) is 47.3 Å². The summed E-state index contributed by atoms with van der Waals surface area (Å²) < 4.78 is 1.46. The minimum atomic E-state index is -0.204. The highest BCUT2D eigenvalue weighted by Gasteiger charge is 2.22. The van der Waals surface area contributed by atoms with E-state index < -0.39 is 0 Å². The Morgan fingerprint density at radius 3 is 2.60 bits per heavy atom. The van der Waals surface area contributed by atoms with Gasteiger partial charge in [-0.25, -0.2) is 4.98 Å². The first-order valence-electron chi connectivity index (χ1n) is 5.96. The zero-order valence-corrected chi connectivity index (χ0v) is 15.7. The third-order valence-corrected chi connectivity index (χ3v) is 4.68. The Labute approximate surface area is 144 Å². The number of halogens is 3. The molecule has 1 aromatic heterocycles. The summed E-state index contributed by atoms with van der Waals surface area (Å²) in [5.41, 5.74) is 1.22. The number of hydrogen-bond donors (Lipinski definition) is 1. The van der Waals surface area contributed by atoms with Crippen molar-refractivity contribution in [1.82, 2.24) is 9.97 Å². The minimum absolute atomic E-state index is 0.132. The summed E-state index contributed by atoms with van der Waals surface area (Å²) in [5.74, 6) is 0.523. The molecule has 0 saturated carbocycles. The number of nitrogens with zero attached hydrogens (tertiary/aromatic N) is 1. The predicted molar refractivity (Wildman–Crippen MR) is 94.4 cm³/mol. The van der Waals surface area contributed by atoms with Crippen LogP contribution in [0.5, 0.6) is 0 Å². The van der Waals surface area contributed by atoms with Gasteiger partial charge >= 0.3 is 0 Å². The van der Waals surface area contributed by atoms with Crippen LogP contribution in [0.4, 0.5) is 0 Å². The van der Waals surface area contributed by atoms with Crippen molar-refractivity contribution < 1.29 is 0 Å². The Kier molecular flexibility index (Phi) is 4.61. The van der Waals surface area contributed by atoms with Gasteiger partial charge < -0.3 is 4.98 Å². The van der Waals surface area contributed by atoms with Crippen LogP contribution in [0.1, 0.15) is 26.5 Å². The van der Waals surface area contributed by atoms with Crippen molar-refractivity contribution in [3.8, 4) is 11.4 Å². The lowest BCUT2D eigenvalue weighted by Gasteiger charge is -2.20. The van der Waals surface area contributed by atoms with E-state index in [0.29, 0.717) is 14.4 Å². The highest BCUT2D eigenvalue weighted by molar-refractivity contribution is 14.1. The molecule has 0 atom stereocenters. The topological polar surface area (TPSA) is 45.8 Å². The van der Waals surface area contributed by atoms with E-state index in [1.54, 1.807) is 12.1 Å². The number of benzene rings is 1. The second-order valence-corrected chi connectivity index (χ2v) is 7.82. The van der Waals surface area contributed by atoms with Crippen LogP contribution in [0.3, 0.4) is 0 Å². The molecule has 0 amide bonds. The van der Waals surface area contributed by atoms with Crippen LogP contribution in [0.2, 0.25) is 5.02 Å². The number of aromatic nitrogens is 2. The minimum Gasteiger partial charge on any atom is -0.306 e. The van der Waals surface area contributed by atoms with E-state index in [1.165, 1.54) is 0 Å². The number of hydrogen-bond acceptors (Lipinski definition) is 2. The van der Waals surface area contributed by atoms with Gasteiger partial charge in [-0.15, -0.1) is 0 Å². The quantitative estimate of drug-likeness (QED) is 0.615. The maximum atomic E-state index is 12.1. The fraction of sp³-hybridized carbons (Fsp3) is 0.286. The van der Waals surface area contributed by atoms with Crippen LogP contribution in [0.15, 0.2) is 27.5 Å². The molecular formula is C14H13BrClIN2O. The van der Waals surface area contributed by atoms with Gasteiger partial charge in [-0.3, -0.25) is 4.79 Å². The number of H-pyrrole nitrogens is 1. The molecule has 0 saturated heterocycles. The van der Waals surface area contributed by atoms with Crippen LogP contribution in [0.25, 0.3) is 11.4 Å². The third kappa shape index (κ3) is 3.26. The second kappa shape index (κ2) is 5.77. The van der Waals surface area contributed by atoms with Gasteiger partial charge in [-0.05, 0) is 40.8 Å². The predicted octanol–water partition coefficient (Wildman–Crippen LogP) is 4.75. The molecule has 0 aliphatic rings. The van der Waals surface area contributed by atoms with Crippen molar-refractivity contribution in [2.45, 2.75) is 26.2 Å². The van der Waals surface area contributed by atoms with Gasteiger partial charge in [0.15, 0.2) is 0 Å². The fourth-order valence-corrected chi connectivity index (χ4v) is 3.43. The molecular weight excluding hydrogens is 454 g/mol. The van der Waals surface area contributed by atoms with Gasteiger partial charge in [0, 0.05) is 20.5 Å². The summed E-state index contributed by atoms with van der Waals surface area (Å²) in [6.45, 7) is 6.11. The van der Waals surface area contributed by atoms with Crippen molar-refractivity contribution in [1.29, 1.82) is 0 Å². The monoisotopic (exact) mass is 466 g/mol. The van der Waals surface area contributed by atoms with E-state index >= 15 is 0 Å². The van der Waals surface area contributed by atoms with Gasteiger partial charge in [-0.2, -0.15) is 0 Å². The van der Waals surface area contributed by atoms with E-state index in [0.717, 1.165) is 15.7 Å². The summed E-state index contributed by atoms with van der Waals surface area (Å²) in [6, 6.07) is 5.40. The molecule has 20 heavy (non-hydrogen) atoms. The lowest BCUT2D eigenvalue weighted by atomic mass is 9.92. The third-order valence-electron chi connectivity index (χ3n) is 2.76. The number of aromatic amines is 1. The Morgan fingerprint density at radius 1 is 1.35 bits per heavy atom. The van der Waals surface area contributed by atoms with Crippen LogP contribution >= 0.6 is 50.1 Å². The molecule has 2 rings (SSSR count). The largest absolute Gasteiger partial charge is 0.306 e. The maximum Gasteiger partial charge on any atom is 0.264 e. The molecule has 2 aromatic rings. The molecule has 0 radical (unpaired) electrons. The van der Waals surface area contributed by atoms with E-state index in [9.17, 15) is 4.79 Å². The lowest BCUT2D eigenvalue weighted by molar-refractivity contribution is 0.562. The van der Waals surface area contributed by atoms with Gasteiger partial charge in [0.25, 0.3) is 5.56 Å². The SMILES string of the molecule is CC(C)(C)c1nc(-c2cc(Cl)ccc2Br)[nH]c(=O)c1I. The van der Waals surface area contributed by atoms with E-state index in [2.05, 4.69) is 25.9 Å². The molecule has 106 valence electrons. The van der Waals surface area contributed by atoms with Crippen molar-refractivity contribution in [2.24, 2.45) is 0 Å². The molecule has 0 spiro atoms. The number of nitrogens with one attached hydrogen (secondary N) is 1. The Bertz CT molecular complexity index is 722. The van der Waals surface area contributed by atoms with Crippen molar-refractivity contribution in [2.75, 3.05) is 0 Å². The van der Waals surface area contributed by atoms with E-state index in [4.69, 9.17) is 11.6 Å². The van der Waals surface area contributed by atoms with Crippen LogP contribution < -0.4 is 5.56 Å². The van der Waals surface area contributed by atoms with Crippen LogP contribution in [-0.4, -0.2) is 9.97 Å². The first-order chi connectivity index (χ1) is 9.20. The maximum absolute atomic E-state index is 12.1. The molecule has 6 heteroatoms. The summed E-state index contributed by atoms with van der Waals surface area (Å²) in [4.78, 5) is 19.6. The van der Waals surface area contributed by atoms with Crippen LogP contribution in [-0.2, 0) is 5.41 Å². The Morgan fingerprint density at radius 2 is 2.00 bits per heavy atom. The Balaban J connectivity index is 2.74. The molecule has 1 heterocycles. The lowest BCUT2D eigenvalue weighted by Crippen LogP contribution is -2.24. The van der Waals surface area contributed by atoms with Crippen molar-refractivity contribution >= 4 is 50.1 Å². The molecule has 1 N–H and O–H groups in total. The van der Waals surface area contributed by atoms with Gasteiger partial charge in [0.2, 0.25) is 0 Å². The molecule has 1 aromatic carbocycles. The van der Waals surface area contributed by atoms with E-state index in [1.807, 2.05) is 49.4 Å². The standard InChI is InChI=1S/C14H13BrClIN2O/c1-14(2,3)11-10(17)13(20)19-12(18-11)8-6-7(16)4-5-9(8)15/h4-6H,1-3H3,(H,18,19,20). The fourth-order valence-electron chi connectivity index (χ4n) is 1.76. The summed E-state index contributed by atoms with van der Waals surface area (Å²) in [7, 11) is 0. The smallest absolute Gasteiger partial charge is 0.264 e. The van der Waals surface area contributed by atoms with Crippen molar-refractivity contribution in [3.63, 3.8) is 0 Å². The average Bonchev–Trinajstić information content (AvgIpc) is 2.34. The number of rotatable bonds is 1. The Hall–Kier alpha value is -0.400. The molecule has 0 aliphatic heterocycles. The average molecular weight is 468 g/mol. The van der Waals surface area contributed by atoms with E-state index in [-0.39, 0.29) is 11.0 Å². The molecule has 3 nitrogen and oxygen atoms in total. The zero-order valence-electron chi connectivity index (χ0n) is 11.2. The molecule has 0 bridgehead atoms. The van der Waals surface area contributed by atoms with Gasteiger partial charge in [0.1, 0.15) is 9.39 Å². The summed E-state index contributed by atoms with van der Waals surface area (Å²) in [6.07, 6.45) is 0. The normalized spacial score (nSPS) is 11.7. The van der Waals surface area contributed by atoms with Crippen LogP contribution in [0, 0.1) is 3.57 Å².